The average molecular weight is 632 g/mol. The van der Waals surface area contributed by atoms with Gasteiger partial charge in [0.25, 0.3) is 11.8 Å². The zero-order chi connectivity index (χ0) is 32.4. The standard InChI is InChI=1S/C35H41N3O6S/c1-22-11-10-12-23(2)30(22)44-19-28(40)36-20-35(43,18-24-13-6-5-7-14-24)33(42)38-21-45-34(3,4)31(38)32(41)37-29-26-16-9-8-15-25(26)17-27(29)39/h5-16,27,29,31,39,43H,17-21H2,1-4H3,(H,36,40)(H,37,41)/t27-,29+,31-,35-/m1/s1. The Bertz CT molecular complexity index is 1540. The van der Waals surface area contributed by atoms with Gasteiger partial charge in [-0.25, -0.2) is 0 Å². The third-order valence-corrected chi connectivity index (χ3v) is 10.0. The van der Waals surface area contributed by atoms with Gasteiger partial charge in [-0.1, -0.05) is 72.8 Å². The first-order valence-corrected chi connectivity index (χ1v) is 16.1. The second-order valence-corrected chi connectivity index (χ2v) is 14.1. The summed E-state index contributed by atoms with van der Waals surface area (Å²) in [5, 5.41) is 28.5. The minimum Gasteiger partial charge on any atom is -0.483 e. The van der Waals surface area contributed by atoms with Gasteiger partial charge in [0, 0.05) is 17.6 Å². The minimum absolute atomic E-state index is 0.0740. The summed E-state index contributed by atoms with van der Waals surface area (Å²) in [4.78, 5) is 42.5. The van der Waals surface area contributed by atoms with E-state index in [1.807, 2.05) is 88.4 Å². The Hall–Kier alpha value is -3.86. The Morgan fingerprint density at radius 3 is 2.38 bits per heavy atom. The predicted octanol–water partition coefficient (Wildman–Crippen LogP) is 3.23. The molecule has 9 nitrogen and oxygen atoms in total. The fraction of sp³-hybridized carbons (Fsp3) is 0.400. The molecule has 1 saturated heterocycles. The number of ether oxygens (including phenoxy) is 1. The lowest BCUT2D eigenvalue weighted by atomic mass is 9.90. The summed E-state index contributed by atoms with van der Waals surface area (Å²) in [6, 6.07) is 20.8. The van der Waals surface area contributed by atoms with Crippen molar-refractivity contribution in [2.45, 2.75) is 69.1 Å². The number of amides is 3. The molecular weight excluding hydrogens is 590 g/mol. The summed E-state index contributed by atoms with van der Waals surface area (Å²) < 4.78 is 5.10. The second-order valence-electron chi connectivity index (χ2n) is 12.5. The number of hydrogen-bond acceptors (Lipinski definition) is 7. The molecule has 5 rings (SSSR count). The van der Waals surface area contributed by atoms with Crippen molar-refractivity contribution in [3.05, 3.63) is 101 Å². The van der Waals surface area contributed by atoms with E-state index in [0.717, 1.165) is 22.3 Å². The van der Waals surface area contributed by atoms with Gasteiger partial charge in [0.15, 0.2) is 12.2 Å². The van der Waals surface area contributed by atoms with Crippen LogP contribution in [0.1, 0.15) is 47.7 Å². The van der Waals surface area contributed by atoms with Crippen molar-refractivity contribution in [3.8, 4) is 5.75 Å². The maximum Gasteiger partial charge on any atom is 0.258 e. The molecule has 4 atom stereocenters. The van der Waals surface area contributed by atoms with Crippen LogP contribution in [0.3, 0.4) is 0 Å². The molecule has 3 amide bonds. The first-order valence-electron chi connectivity index (χ1n) is 15.1. The zero-order valence-corrected chi connectivity index (χ0v) is 26.9. The molecule has 1 aliphatic heterocycles. The van der Waals surface area contributed by atoms with Gasteiger partial charge in [0.2, 0.25) is 5.91 Å². The smallest absolute Gasteiger partial charge is 0.258 e. The summed E-state index contributed by atoms with van der Waals surface area (Å²) in [5.74, 6) is -0.770. The van der Waals surface area contributed by atoms with Gasteiger partial charge >= 0.3 is 0 Å². The number of hydrogen-bond donors (Lipinski definition) is 4. The number of aryl methyl sites for hydroxylation is 2. The van der Waals surface area contributed by atoms with E-state index in [1.54, 1.807) is 12.1 Å². The molecule has 4 N–H and O–H groups in total. The predicted molar refractivity (Wildman–Crippen MR) is 174 cm³/mol. The molecule has 0 bridgehead atoms. The van der Waals surface area contributed by atoms with Gasteiger partial charge in [-0.3, -0.25) is 14.4 Å². The van der Waals surface area contributed by atoms with E-state index in [0.29, 0.717) is 17.7 Å². The molecule has 45 heavy (non-hydrogen) atoms. The number of aliphatic hydroxyl groups excluding tert-OH is 1. The Morgan fingerprint density at radius 2 is 1.67 bits per heavy atom. The van der Waals surface area contributed by atoms with Crippen LogP contribution in [0.15, 0.2) is 72.8 Å². The van der Waals surface area contributed by atoms with Crippen LogP contribution in [0, 0.1) is 13.8 Å². The van der Waals surface area contributed by atoms with Crippen molar-refractivity contribution in [2.24, 2.45) is 0 Å². The number of nitrogens with one attached hydrogen (secondary N) is 2. The van der Waals surface area contributed by atoms with Crippen molar-refractivity contribution in [3.63, 3.8) is 0 Å². The lowest BCUT2D eigenvalue weighted by Crippen LogP contribution is -2.62. The summed E-state index contributed by atoms with van der Waals surface area (Å²) >= 11 is 1.44. The first kappa shape index (κ1) is 32.5. The molecule has 1 aliphatic carbocycles. The molecule has 238 valence electrons. The summed E-state index contributed by atoms with van der Waals surface area (Å²) in [6.45, 7) is 6.90. The molecule has 10 heteroatoms. The molecule has 3 aromatic carbocycles. The number of carbonyl (C=O) groups excluding carboxylic acids is 3. The van der Waals surface area contributed by atoms with Crippen molar-refractivity contribution >= 4 is 29.5 Å². The van der Waals surface area contributed by atoms with E-state index >= 15 is 0 Å². The lowest BCUT2D eigenvalue weighted by molar-refractivity contribution is -0.155. The molecular formula is C35H41N3O6S. The Morgan fingerprint density at radius 1 is 1.00 bits per heavy atom. The topological polar surface area (TPSA) is 128 Å². The van der Waals surface area contributed by atoms with E-state index in [4.69, 9.17) is 4.74 Å². The van der Waals surface area contributed by atoms with Gasteiger partial charge in [0.1, 0.15) is 11.8 Å². The van der Waals surface area contributed by atoms with E-state index in [9.17, 15) is 24.6 Å². The van der Waals surface area contributed by atoms with Crippen LogP contribution in [0.4, 0.5) is 0 Å². The SMILES string of the molecule is Cc1cccc(C)c1OCC(=O)NC[C@](O)(Cc1ccccc1)C(=O)N1CSC(C)(C)[C@H]1C(=O)N[C@H]1c2ccccc2C[C@H]1O. The molecule has 0 spiro atoms. The Labute approximate surface area is 268 Å². The normalized spacial score (nSPS) is 21.5. The van der Waals surface area contributed by atoms with Crippen LogP contribution < -0.4 is 15.4 Å². The maximum atomic E-state index is 14.3. The largest absolute Gasteiger partial charge is 0.483 e. The number of para-hydroxylation sites is 1. The van der Waals surface area contributed by atoms with Crippen molar-refractivity contribution in [2.75, 3.05) is 19.0 Å². The van der Waals surface area contributed by atoms with Gasteiger partial charge in [-0.2, -0.15) is 0 Å². The van der Waals surface area contributed by atoms with E-state index in [2.05, 4.69) is 10.6 Å². The summed E-state index contributed by atoms with van der Waals surface area (Å²) in [7, 11) is 0. The molecule has 0 aromatic heterocycles. The number of benzene rings is 3. The lowest BCUT2D eigenvalue weighted by Gasteiger charge is -2.37. The highest BCUT2D eigenvalue weighted by Gasteiger charge is 2.53. The molecule has 0 saturated carbocycles. The monoisotopic (exact) mass is 631 g/mol. The van der Waals surface area contributed by atoms with Gasteiger partial charge in [-0.05, 0) is 55.5 Å². The fourth-order valence-electron chi connectivity index (χ4n) is 6.25. The number of aliphatic hydroxyl groups is 2. The van der Waals surface area contributed by atoms with Crippen molar-refractivity contribution in [1.82, 2.24) is 15.5 Å². The molecule has 2 aliphatic rings. The summed E-state index contributed by atoms with van der Waals surface area (Å²) in [5.41, 5.74) is 2.27. The molecule has 3 aromatic rings. The van der Waals surface area contributed by atoms with Crippen molar-refractivity contribution < 1.29 is 29.3 Å². The van der Waals surface area contributed by atoms with Crippen LogP contribution in [0.5, 0.6) is 5.75 Å². The number of nitrogens with zero attached hydrogens (tertiary/aromatic N) is 1. The van der Waals surface area contributed by atoms with E-state index in [1.165, 1.54) is 16.7 Å². The van der Waals surface area contributed by atoms with Gasteiger partial charge in [-0.15, -0.1) is 11.8 Å². The third-order valence-electron chi connectivity index (χ3n) is 8.63. The first-order chi connectivity index (χ1) is 21.4. The van der Waals surface area contributed by atoms with Crippen LogP contribution in [0.2, 0.25) is 0 Å². The highest BCUT2D eigenvalue weighted by Crippen LogP contribution is 2.41. The van der Waals surface area contributed by atoms with Crippen LogP contribution >= 0.6 is 11.8 Å². The number of rotatable bonds is 10. The highest BCUT2D eigenvalue weighted by molar-refractivity contribution is 8.00. The molecule has 0 unspecified atom stereocenters. The molecule has 1 heterocycles. The molecule has 1 fully saturated rings. The van der Waals surface area contributed by atoms with E-state index in [-0.39, 0.29) is 25.4 Å². The van der Waals surface area contributed by atoms with Crippen LogP contribution in [-0.4, -0.2) is 74.4 Å². The average Bonchev–Trinajstić information content (AvgIpc) is 3.50. The van der Waals surface area contributed by atoms with Crippen LogP contribution in [-0.2, 0) is 27.2 Å². The quantitative estimate of drug-likeness (QED) is 0.271. The van der Waals surface area contributed by atoms with E-state index < -0.39 is 46.3 Å². The highest BCUT2D eigenvalue weighted by atomic mass is 32.2. The van der Waals surface area contributed by atoms with Crippen LogP contribution in [0.25, 0.3) is 0 Å². The van der Waals surface area contributed by atoms with Crippen molar-refractivity contribution in [1.29, 1.82) is 0 Å². The molecule has 0 radical (unpaired) electrons. The number of fused-ring (bicyclic) bond motifs is 1. The summed E-state index contributed by atoms with van der Waals surface area (Å²) in [6.07, 6.45) is -0.436. The van der Waals surface area contributed by atoms with Gasteiger partial charge in [0.05, 0.1) is 24.6 Å². The minimum atomic E-state index is -2.05. The number of thioether (sulfide) groups is 1. The Balaban J connectivity index is 1.34. The number of carbonyl (C=O) groups is 3. The van der Waals surface area contributed by atoms with Gasteiger partial charge < -0.3 is 30.5 Å². The maximum absolute atomic E-state index is 14.3. The Kier molecular flexibility index (Phi) is 9.57. The second kappa shape index (κ2) is 13.2. The zero-order valence-electron chi connectivity index (χ0n) is 26.1. The fourth-order valence-corrected chi connectivity index (χ4v) is 7.38. The third kappa shape index (κ3) is 7.03.